The van der Waals surface area contributed by atoms with E-state index in [9.17, 15) is 0 Å². The number of rotatable bonds is 3. The van der Waals surface area contributed by atoms with E-state index in [0.717, 1.165) is 5.92 Å². The van der Waals surface area contributed by atoms with E-state index in [-0.39, 0.29) is 0 Å². The summed E-state index contributed by atoms with van der Waals surface area (Å²) in [4.78, 5) is 0. The zero-order valence-corrected chi connectivity index (χ0v) is 11.7. The molecule has 1 aliphatic heterocycles. The van der Waals surface area contributed by atoms with Gasteiger partial charge in [0.25, 0.3) is 0 Å². The average Bonchev–Trinajstić information content (AvgIpc) is 2.55. The van der Waals surface area contributed by atoms with Crippen molar-refractivity contribution >= 4 is 0 Å². The van der Waals surface area contributed by atoms with Crippen LogP contribution in [-0.2, 0) is 6.42 Å². The molecule has 2 heterocycles. The highest BCUT2D eigenvalue weighted by Gasteiger charge is 2.17. The maximum atomic E-state index is 3.51. The highest BCUT2D eigenvalue weighted by atomic mass is 15.0. The minimum absolute atomic E-state index is 0.577. The number of nitrogens with one attached hydrogen (secondary N) is 1. The molecule has 2 heteroatoms. The third-order valence-electron chi connectivity index (χ3n) is 4.01. The molecule has 2 nitrogen and oxygen atoms in total. The van der Waals surface area contributed by atoms with Crippen LogP contribution in [-0.4, -0.2) is 17.7 Å². The van der Waals surface area contributed by atoms with Gasteiger partial charge in [-0.3, -0.25) is 0 Å². The van der Waals surface area contributed by atoms with E-state index in [1.165, 1.54) is 43.7 Å². The lowest BCUT2D eigenvalue weighted by atomic mass is 9.92. The summed E-state index contributed by atoms with van der Waals surface area (Å²) in [7, 11) is 0. The summed E-state index contributed by atoms with van der Waals surface area (Å²) in [5, 5.41) is 3.51. The van der Waals surface area contributed by atoms with E-state index < -0.39 is 0 Å². The van der Waals surface area contributed by atoms with Gasteiger partial charge in [-0.15, -0.1) is 0 Å². The third kappa shape index (κ3) is 2.74. The van der Waals surface area contributed by atoms with Crippen molar-refractivity contribution in [3.63, 3.8) is 0 Å². The number of hydrogen-bond donors (Lipinski definition) is 1. The van der Waals surface area contributed by atoms with Crippen molar-refractivity contribution in [1.29, 1.82) is 0 Å². The Balaban J connectivity index is 2.13. The fourth-order valence-corrected chi connectivity index (χ4v) is 3.26. The van der Waals surface area contributed by atoms with Crippen LogP contribution in [0.2, 0.25) is 0 Å². The lowest BCUT2D eigenvalue weighted by Gasteiger charge is -2.23. The Labute approximate surface area is 105 Å². The summed E-state index contributed by atoms with van der Waals surface area (Å²) in [6, 6.07) is 2.97. The molecule has 2 rings (SSSR count). The Morgan fingerprint density at radius 2 is 2.18 bits per heavy atom. The van der Waals surface area contributed by atoms with Gasteiger partial charge in [-0.25, -0.2) is 0 Å². The predicted molar refractivity (Wildman–Crippen MR) is 73.6 cm³/mol. The largest absolute Gasteiger partial charge is 0.346 e. The minimum Gasteiger partial charge on any atom is -0.346 e. The molecule has 17 heavy (non-hydrogen) atoms. The Hall–Kier alpha value is -0.760. The molecule has 0 aromatic carbocycles. The molecular formula is C15H26N2. The van der Waals surface area contributed by atoms with Crippen LogP contribution in [0.1, 0.15) is 49.7 Å². The summed E-state index contributed by atoms with van der Waals surface area (Å²) >= 11 is 0. The van der Waals surface area contributed by atoms with Gasteiger partial charge in [0.15, 0.2) is 0 Å². The molecule has 96 valence electrons. The van der Waals surface area contributed by atoms with E-state index in [2.05, 4.69) is 43.6 Å². The zero-order valence-electron chi connectivity index (χ0n) is 11.7. The van der Waals surface area contributed by atoms with Crippen molar-refractivity contribution in [3.8, 4) is 0 Å². The second kappa shape index (κ2) is 5.26. The van der Waals surface area contributed by atoms with Crippen LogP contribution in [0.5, 0.6) is 0 Å². The summed E-state index contributed by atoms with van der Waals surface area (Å²) < 4.78 is 2.46. The van der Waals surface area contributed by atoms with Gasteiger partial charge in [-0.05, 0) is 77.6 Å². The molecule has 0 spiro atoms. The fraction of sp³-hybridized carbons (Fsp3) is 0.733. The number of aromatic nitrogens is 1. The molecule has 1 saturated heterocycles. The fourth-order valence-electron chi connectivity index (χ4n) is 3.26. The molecule has 1 unspecified atom stereocenters. The zero-order chi connectivity index (χ0) is 12.4. The molecule has 0 bridgehead atoms. The maximum Gasteiger partial charge on any atom is 0.0279 e. The summed E-state index contributed by atoms with van der Waals surface area (Å²) in [5.41, 5.74) is 4.45. The molecule has 0 radical (unpaired) electrons. The van der Waals surface area contributed by atoms with Crippen LogP contribution >= 0.6 is 0 Å². The highest BCUT2D eigenvalue weighted by Crippen LogP contribution is 2.24. The number of aryl methyl sites for hydroxylation is 1. The smallest absolute Gasteiger partial charge is 0.0279 e. The molecule has 1 atom stereocenters. The van der Waals surface area contributed by atoms with E-state index in [4.69, 9.17) is 0 Å². The first kappa shape index (κ1) is 12.7. The highest BCUT2D eigenvalue weighted by molar-refractivity contribution is 5.28. The van der Waals surface area contributed by atoms with Crippen molar-refractivity contribution in [1.82, 2.24) is 9.88 Å². The topological polar surface area (TPSA) is 17.0 Å². The summed E-state index contributed by atoms with van der Waals surface area (Å²) in [6.45, 7) is 11.5. The minimum atomic E-state index is 0.577. The van der Waals surface area contributed by atoms with Gasteiger partial charge in [0.05, 0.1) is 0 Å². The first-order valence-corrected chi connectivity index (χ1v) is 6.97. The molecule has 0 amide bonds. The Morgan fingerprint density at radius 3 is 2.71 bits per heavy atom. The Bertz CT molecular complexity index is 371. The molecule has 1 fully saturated rings. The normalized spacial score (nSPS) is 21.1. The lowest BCUT2D eigenvalue weighted by Crippen LogP contribution is -2.30. The molecule has 0 aliphatic carbocycles. The Kier molecular flexibility index (Phi) is 3.93. The average molecular weight is 234 g/mol. The van der Waals surface area contributed by atoms with Crippen molar-refractivity contribution in [2.75, 3.05) is 13.1 Å². The van der Waals surface area contributed by atoms with Crippen LogP contribution in [0.25, 0.3) is 0 Å². The third-order valence-corrected chi connectivity index (χ3v) is 4.01. The van der Waals surface area contributed by atoms with Gasteiger partial charge >= 0.3 is 0 Å². The van der Waals surface area contributed by atoms with Crippen molar-refractivity contribution in [2.24, 2.45) is 5.92 Å². The summed E-state index contributed by atoms with van der Waals surface area (Å²) in [6.07, 6.45) is 3.98. The van der Waals surface area contributed by atoms with Gasteiger partial charge in [0.2, 0.25) is 0 Å². The van der Waals surface area contributed by atoms with E-state index in [1.54, 1.807) is 5.56 Å². The summed E-state index contributed by atoms with van der Waals surface area (Å²) in [5.74, 6) is 0.838. The molecule has 1 aromatic heterocycles. The van der Waals surface area contributed by atoms with Gasteiger partial charge in [-0.2, -0.15) is 0 Å². The first-order valence-electron chi connectivity index (χ1n) is 6.97. The lowest BCUT2D eigenvalue weighted by molar-refractivity contribution is 0.375. The Morgan fingerprint density at radius 1 is 1.41 bits per heavy atom. The van der Waals surface area contributed by atoms with Crippen LogP contribution in [0.3, 0.4) is 0 Å². The standard InChI is InChI=1S/C15H26N2/c1-11(2)17-12(3)8-15(13(17)4)9-14-6-5-7-16-10-14/h8,11,14,16H,5-7,9-10H2,1-4H3. The van der Waals surface area contributed by atoms with E-state index >= 15 is 0 Å². The maximum absolute atomic E-state index is 3.51. The van der Waals surface area contributed by atoms with E-state index in [1.807, 2.05) is 0 Å². The second-order valence-corrected chi connectivity index (χ2v) is 5.78. The van der Waals surface area contributed by atoms with Gasteiger partial charge in [0.1, 0.15) is 0 Å². The predicted octanol–water partition coefficient (Wildman–Crippen LogP) is 3.23. The van der Waals surface area contributed by atoms with Crippen LogP contribution < -0.4 is 5.32 Å². The van der Waals surface area contributed by atoms with Crippen molar-refractivity contribution < 1.29 is 0 Å². The first-order chi connectivity index (χ1) is 8.09. The van der Waals surface area contributed by atoms with Crippen molar-refractivity contribution in [2.45, 2.75) is 53.0 Å². The van der Waals surface area contributed by atoms with Crippen LogP contribution in [0.4, 0.5) is 0 Å². The molecule has 1 aromatic rings. The van der Waals surface area contributed by atoms with E-state index in [0.29, 0.717) is 6.04 Å². The van der Waals surface area contributed by atoms with Gasteiger partial charge in [-0.1, -0.05) is 0 Å². The SMILES string of the molecule is Cc1cc(CC2CCCNC2)c(C)n1C(C)C. The van der Waals surface area contributed by atoms with Crippen molar-refractivity contribution in [3.05, 3.63) is 23.0 Å². The molecule has 1 aliphatic rings. The number of hydrogen-bond acceptors (Lipinski definition) is 1. The molecular weight excluding hydrogens is 208 g/mol. The monoisotopic (exact) mass is 234 g/mol. The number of piperidine rings is 1. The van der Waals surface area contributed by atoms with Gasteiger partial charge < -0.3 is 9.88 Å². The second-order valence-electron chi connectivity index (χ2n) is 5.78. The van der Waals surface area contributed by atoms with Crippen LogP contribution in [0, 0.1) is 19.8 Å². The molecule has 1 N–H and O–H groups in total. The molecule has 0 saturated carbocycles. The number of nitrogens with zero attached hydrogens (tertiary/aromatic N) is 1. The quantitative estimate of drug-likeness (QED) is 0.849. The van der Waals surface area contributed by atoms with Gasteiger partial charge in [0, 0.05) is 17.4 Å². The van der Waals surface area contributed by atoms with Crippen LogP contribution in [0.15, 0.2) is 6.07 Å².